The Morgan fingerprint density at radius 1 is 1.62 bits per heavy atom. The molecule has 2 aromatic heterocycles. The molecule has 0 saturated heterocycles. The normalized spacial score (nSPS) is 12.2. The van der Waals surface area contributed by atoms with E-state index in [1.165, 1.54) is 22.7 Å². The quantitative estimate of drug-likeness (QED) is 0.635. The molecule has 2 aromatic rings. The molecule has 0 saturated carbocycles. The van der Waals surface area contributed by atoms with Gasteiger partial charge in [0.2, 0.25) is 11.0 Å². The lowest BCUT2D eigenvalue weighted by atomic mass is 10.4. The molecule has 0 aliphatic rings. The molecule has 2 N–H and O–H groups in total. The number of aromatic nitrogens is 3. The van der Waals surface area contributed by atoms with E-state index in [-0.39, 0.29) is 5.25 Å². The van der Waals surface area contributed by atoms with Crippen molar-refractivity contribution in [2.24, 2.45) is 0 Å². The van der Waals surface area contributed by atoms with Gasteiger partial charge in [0.1, 0.15) is 0 Å². The van der Waals surface area contributed by atoms with Crippen molar-refractivity contribution in [2.75, 3.05) is 5.84 Å². The maximum Gasteiger partial charge on any atom is 0.218 e. The van der Waals surface area contributed by atoms with Crippen LogP contribution in [0.1, 0.15) is 6.92 Å². The third kappa shape index (κ3) is 1.87. The zero-order valence-electron chi connectivity index (χ0n) is 8.49. The molecule has 0 amide bonds. The zero-order chi connectivity index (χ0) is 11.5. The van der Waals surface area contributed by atoms with E-state index in [0.717, 1.165) is 0 Å². The van der Waals surface area contributed by atoms with E-state index in [1.54, 1.807) is 19.1 Å². The molecule has 1 unspecified atom stereocenters. The number of nitrogens with zero attached hydrogens (tertiary/aromatic N) is 4. The van der Waals surface area contributed by atoms with Gasteiger partial charge in [-0.15, -0.1) is 10.2 Å². The number of rotatable bonds is 3. The highest BCUT2D eigenvalue weighted by atomic mass is 32.2. The first-order chi connectivity index (χ1) is 7.72. The van der Waals surface area contributed by atoms with Crippen molar-refractivity contribution in [3.05, 3.63) is 18.4 Å². The maximum atomic E-state index is 8.69. The highest BCUT2D eigenvalue weighted by Crippen LogP contribution is 2.24. The van der Waals surface area contributed by atoms with Crippen LogP contribution in [0.3, 0.4) is 0 Å². The largest absolute Gasteiger partial charge is 0.461 e. The first-order valence-corrected chi connectivity index (χ1v) is 5.41. The number of nitrogens with two attached hydrogens (primary N) is 1. The highest BCUT2D eigenvalue weighted by molar-refractivity contribution is 8.00. The van der Waals surface area contributed by atoms with Crippen LogP contribution >= 0.6 is 11.8 Å². The van der Waals surface area contributed by atoms with E-state index in [0.29, 0.717) is 16.7 Å². The zero-order valence-corrected chi connectivity index (χ0v) is 9.31. The molecule has 2 heterocycles. The third-order valence-electron chi connectivity index (χ3n) is 1.87. The van der Waals surface area contributed by atoms with Crippen molar-refractivity contribution in [3.63, 3.8) is 0 Å². The van der Waals surface area contributed by atoms with Gasteiger partial charge < -0.3 is 10.3 Å². The van der Waals surface area contributed by atoms with E-state index in [4.69, 9.17) is 15.5 Å². The summed E-state index contributed by atoms with van der Waals surface area (Å²) in [6.45, 7) is 1.77. The van der Waals surface area contributed by atoms with Crippen molar-refractivity contribution < 1.29 is 4.42 Å². The number of furan rings is 1. The Hall–Kier alpha value is -1.94. The number of thioether (sulfide) groups is 1. The average Bonchev–Trinajstić information content (AvgIpc) is 2.89. The molecule has 0 aliphatic heterocycles. The van der Waals surface area contributed by atoms with Crippen LogP contribution < -0.4 is 5.84 Å². The Morgan fingerprint density at radius 3 is 3.06 bits per heavy atom. The van der Waals surface area contributed by atoms with Gasteiger partial charge in [0.25, 0.3) is 0 Å². The molecule has 2 rings (SSSR count). The van der Waals surface area contributed by atoms with Gasteiger partial charge in [-0.2, -0.15) is 5.26 Å². The van der Waals surface area contributed by atoms with Crippen molar-refractivity contribution >= 4 is 11.8 Å². The van der Waals surface area contributed by atoms with E-state index >= 15 is 0 Å². The monoisotopic (exact) mass is 235 g/mol. The predicted octanol–water partition coefficient (Wildman–Crippen LogP) is 1.26. The van der Waals surface area contributed by atoms with Gasteiger partial charge in [-0.05, 0) is 19.1 Å². The number of nitriles is 1. The fraction of sp³-hybridized carbons (Fsp3) is 0.222. The summed E-state index contributed by atoms with van der Waals surface area (Å²) in [7, 11) is 0. The van der Waals surface area contributed by atoms with Gasteiger partial charge in [0, 0.05) is 0 Å². The van der Waals surface area contributed by atoms with Crippen LogP contribution in [-0.4, -0.2) is 20.1 Å². The van der Waals surface area contributed by atoms with Crippen LogP contribution in [0.25, 0.3) is 11.6 Å². The van der Waals surface area contributed by atoms with Crippen molar-refractivity contribution in [3.8, 4) is 17.7 Å². The second kappa shape index (κ2) is 4.28. The molecule has 0 radical (unpaired) electrons. The van der Waals surface area contributed by atoms with Crippen LogP contribution in [0.5, 0.6) is 0 Å². The summed E-state index contributed by atoms with van der Waals surface area (Å²) in [5.74, 6) is 6.79. The third-order valence-corrected chi connectivity index (χ3v) is 2.82. The second-order valence-corrected chi connectivity index (χ2v) is 4.35. The first-order valence-electron chi connectivity index (χ1n) is 4.53. The van der Waals surface area contributed by atoms with Crippen molar-refractivity contribution in [1.82, 2.24) is 14.9 Å². The lowest BCUT2D eigenvalue weighted by Gasteiger charge is -2.02. The summed E-state index contributed by atoms with van der Waals surface area (Å²) in [4.78, 5) is 0. The Bertz CT molecular complexity index is 512. The molecular formula is C9H9N5OS. The lowest BCUT2D eigenvalue weighted by molar-refractivity contribution is 0.574. The predicted molar refractivity (Wildman–Crippen MR) is 58.8 cm³/mol. The molecule has 7 heteroatoms. The molecule has 82 valence electrons. The van der Waals surface area contributed by atoms with Crippen LogP contribution in [0.15, 0.2) is 28.0 Å². The van der Waals surface area contributed by atoms with Crippen LogP contribution in [-0.2, 0) is 0 Å². The minimum atomic E-state index is -0.226. The van der Waals surface area contributed by atoms with E-state index in [1.807, 2.05) is 0 Å². The standard InChI is InChI=1S/C9H9N5OS/c1-6(5-10)16-9-13-12-8(14(9)11)7-3-2-4-15-7/h2-4,6H,11H2,1H3. The molecule has 0 spiro atoms. The number of hydrogen-bond acceptors (Lipinski definition) is 6. The number of nitrogen functional groups attached to an aromatic ring is 1. The summed E-state index contributed by atoms with van der Waals surface area (Å²) in [6, 6.07) is 5.58. The Balaban J connectivity index is 2.29. The molecule has 0 bridgehead atoms. The van der Waals surface area contributed by atoms with E-state index < -0.39 is 0 Å². The summed E-state index contributed by atoms with van der Waals surface area (Å²) in [6.07, 6.45) is 1.54. The van der Waals surface area contributed by atoms with Crippen molar-refractivity contribution in [1.29, 1.82) is 5.26 Å². The van der Waals surface area contributed by atoms with E-state index in [9.17, 15) is 0 Å². The average molecular weight is 235 g/mol. The van der Waals surface area contributed by atoms with Gasteiger partial charge in [-0.1, -0.05) is 11.8 Å². The van der Waals surface area contributed by atoms with Gasteiger partial charge in [0.15, 0.2) is 5.76 Å². The first kappa shape index (κ1) is 10.6. The van der Waals surface area contributed by atoms with Crippen LogP contribution in [0.4, 0.5) is 0 Å². The van der Waals surface area contributed by atoms with Gasteiger partial charge >= 0.3 is 0 Å². The molecule has 6 nitrogen and oxygen atoms in total. The van der Waals surface area contributed by atoms with Gasteiger partial charge in [0.05, 0.1) is 17.6 Å². The summed E-state index contributed by atoms with van der Waals surface area (Å²) in [5, 5.41) is 16.8. The maximum absolute atomic E-state index is 8.69. The fourth-order valence-electron chi connectivity index (χ4n) is 1.12. The second-order valence-electron chi connectivity index (χ2n) is 3.04. The minimum absolute atomic E-state index is 0.226. The SMILES string of the molecule is CC(C#N)Sc1nnc(-c2ccco2)n1N. The highest BCUT2D eigenvalue weighted by Gasteiger charge is 2.16. The Morgan fingerprint density at radius 2 is 2.44 bits per heavy atom. The summed E-state index contributed by atoms with van der Waals surface area (Å²) < 4.78 is 6.48. The van der Waals surface area contributed by atoms with Gasteiger partial charge in [-0.25, -0.2) is 4.68 Å². The topological polar surface area (TPSA) is 93.7 Å². The van der Waals surface area contributed by atoms with Gasteiger partial charge in [-0.3, -0.25) is 0 Å². The molecule has 1 atom stereocenters. The molecule has 0 aliphatic carbocycles. The summed E-state index contributed by atoms with van der Waals surface area (Å²) >= 11 is 1.25. The molecular weight excluding hydrogens is 226 g/mol. The summed E-state index contributed by atoms with van der Waals surface area (Å²) in [5.41, 5.74) is 0. The fourth-order valence-corrected chi connectivity index (χ4v) is 1.77. The van der Waals surface area contributed by atoms with E-state index in [2.05, 4.69) is 16.3 Å². The minimum Gasteiger partial charge on any atom is -0.461 e. The smallest absolute Gasteiger partial charge is 0.218 e. The molecule has 0 aromatic carbocycles. The lowest BCUT2D eigenvalue weighted by Crippen LogP contribution is -2.12. The number of hydrogen-bond donors (Lipinski definition) is 1. The Kier molecular flexibility index (Phi) is 2.83. The van der Waals surface area contributed by atoms with Crippen molar-refractivity contribution in [2.45, 2.75) is 17.3 Å². The molecule has 0 fully saturated rings. The Labute approximate surface area is 96.0 Å². The van der Waals surface area contributed by atoms with Crippen LogP contribution in [0, 0.1) is 11.3 Å². The van der Waals surface area contributed by atoms with Crippen LogP contribution in [0.2, 0.25) is 0 Å². The molecule has 16 heavy (non-hydrogen) atoms.